The summed E-state index contributed by atoms with van der Waals surface area (Å²) in [5.41, 5.74) is 0.507. The first-order valence-electron chi connectivity index (χ1n) is 4.57. The van der Waals surface area contributed by atoms with Crippen LogP contribution in [0.15, 0.2) is 41.3 Å². The van der Waals surface area contributed by atoms with E-state index in [0.29, 0.717) is 10.2 Å². The maximum atomic E-state index is 13.5. The van der Waals surface area contributed by atoms with Gasteiger partial charge in [0.2, 0.25) is 0 Å². The molecule has 2 aromatic rings. The van der Waals surface area contributed by atoms with Crippen LogP contribution in [0.25, 0.3) is 0 Å². The molecule has 1 unspecified atom stereocenters. The SMILES string of the molecule is OC(c1cnccn1)c1ccc(Br)cc1F. The molecule has 0 radical (unpaired) electrons. The second-order valence-corrected chi connectivity index (χ2v) is 4.11. The summed E-state index contributed by atoms with van der Waals surface area (Å²) in [6, 6.07) is 4.48. The summed E-state index contributed by atoms with van der Waals surface area (Å²) >= 11 is 3.15. The number of aromatic nitrogens is 2. The third kappa shape index (κ3) is 2.25. The van der Waals surface area contributed by atoms with Gasteiger partial charge in [-0.3, -0.25) is 9.97 Å². The zero-order valence-electron chi connectivity index (χ0n) is 8.14. The first-order valence-corrected chi connectivity index (χ1v) is 5.36. The Hall–Kier alpha value is -1.33. The molecule has 0 fully saturated rings. The maximum absolute atomic E-state index is 13.5. The molecule has 1 atom stereocenters. The van der Waals surface area contributed by atoms with E-state index in [4.69, 9.17) is 0 Å². The van der Waals surface area contributed by atoms with E-state index in [1.54, 1.807) is 6.07 Å². The Kier molecular flexibility index (Phi) is 3.26. The van der Waals surface area contributed by atoms with Crippen LogP contribution in [0.1, 0.15) is 17.4 Å². The van der Waals surface area contributed by atoms with Crippen molar-refractivity contribution in [1.82, 2.24) is 9.97 Å². The first kappa shape index (κ1) is 11.2. The fourth-order valence-corrected chi connectivity index (χ4v) is 1.67. The molecule has 1 N–H and O–H groups in total. The molecule has 82 valence electrons. The monoisotopic (exact) mass is 282 g/mol. The number of nitrogens with zero attached hydrogens (tertiary/aromatic N) is 2. The second-order valence-electron chi connectivity index (χ2n) is 3.20. The first-order chi connectivity index (χ1) is 7.68. The van der Waals surface area contributed by atoms with Gasteiger partial charge in [-0.1, -0.05) is 22.0 Å². The molecular weight excluding hydrogens is 275 g/mol. The van der Waals surface area contributed by atoms with Crippen molar-refractivity contribution in [3.63, 3.8) is 0 Å². The lowest BCUT2D eigenvalue weighted by molar-refractivity contribution is 0.209. The van der Waals surface area contributed by atoms with Crippen molar-refractivity contribution in [2.75, 3.05) is 0 Å². The standard InChI is InChI=1S/C11H8BrFN2O/c12-7-1-2-8(9(13)5-7)11(16)10-6-14-3-4-15-10/h1-6,11,16H. The van der Waals surface area contributed by atoms with Crippen LogP contribution in [0.4, 0.5) is 4.39 Å². The van der Waals surface area contributed by atoms with Crippen molar-refractivity contribution >= 4 is 15.9 Å². The molecule has 2 rings (SSSR count). The van der Waals surface area contributed by atoms with Crippen molar-refractivity contribution in [1.29, 1.82) is 0 Å². The van der Waals surface area contributed by atoms with Gasteiger partial charge in [-0.05, 0) is 12.1 Å². The summed E-state index contributed by atoms with van der Waals surface area (Å²) in [7, 11) is 0. The molecule has 1 aromatic carbocycles. The van der Waals surface area contributed by atoms with Crippen LogP contribution < -0.4 is 0 Å². The van der Waals surface area contributed by atoms with Gasteiger partial charge in [-0.2, -0.15) is 0 Å². The average Bonchev–Trinajstić information content (AvgIpc) is 2.29. The molecule has 3 nitrogen and oxygen atoms in total. The van der Waals surface area contributed by atoms with E-state index in [-0.39, 0.29) is 5.56 Å². The van der Waals surface area contributed by atoms with Gasteiger partial charge >= 0.3 is 0 Å². The lowest BCUT2D eigenvalue weighted by atomic mass is 10.1. The summed E-state index contributed by atoms with van der Waals surface area (Å²) in [6.45, 7) is 0. The minimum absolute atomic E-state index is 0.184. The minimum atomic E-state index is -1.10. The fourth-order valence-electron chi connectivity index (χ4n) is 1.33. The number of aliphatic hydroxyl groups is 1. The highest BCUT2D eigenvalue weighted by Crippen LogP contribution is 2.24. The number of aliphatic hydroxyl groups excluding tert-OH is 1. The van der Waals surface area contributed by atoms with Gasteiger partial charge in [0.15, 0.2) is 0 Å². The minimum Gasteiger partial charge on any atom is -0.382 e. The van der Waals surface area contributed by atoms with Gasteiger partial charge in [0.25, 0.3) is 0 Å². The zero-order chi connectivity index (χ0) is 11.5. The Morgan fingerprint density at radius 2 is 2.12 bits per heavy atom. The van der Waals surface area contributed by atoms with Crippen LogP contribution in [0, 0.1) is 5.82 Å². The molecule has 0 aliphatic heterocycles. The van der Waals surface area contributed by atoms with Crippen LogP contribution >= 0.6 is 15.9 Å². The molecule has 5 heteroatoms. The number of hydrogen-bond donors (Lipinski definition) is 1. The lowest BCUT2D eigenvalue weighted by Crippen LogP contribution is -2.04. The quantitative estimate of drug-likeness (QED) is 0.920. The van der Waals surface area contributed by atoms with Crippen LogP contribution in [0.2, 0.25) is 0 Å². The van der Waals surface area contributed by atoms with Crippen molar-refractivity contribution < 1.29 is 9.50 Å². The summed E-state index contributed by atoms with van der Waals surface area (Å²) in [5, 5.41) is 9.91. The predicted octanol–water partition coefficient (Wildman–Crippen LogP) is 2.46. The van der Waals surface area contributed by atoms with E-state index < -0.39 is 11.9 Å². The highest BCUT2D eigenvalue weighted by Gasteiger charge is 2.16. The van der Waals surface area contributed by atoms with Gasteiger partial charge in [0.1, 0.15) is 11.9 Å². The third-order valence-electron chi connectivity index (χ3n) is 2.12. The summed E-state index contributed by atoms with van der Waals surface area (Å²) in [6.07, 6.45) is 3.26. The molecular formula is C11H8BrFN2O. The van der Waals surface area contributed by atoms with Gasteiger partial charge in [0, 0.05) is 22.4 Å². The van der Waals surface area contributed by atoms with E-state index in [2.05, 4.69) is 25.9 Å². The lowest BCUT2D eigenvalue weighted by Gasteiger charge is -2.10. The highest BCUT2D eigenvalue weighted by atomic mass is 79.9. The summed E-state index contributed by atoms with van der Waals surface area (Å²) in [5.74, 6) is -0.479. The van der Waals surface area contributed by atoms with E-state index in [0.717, 1.165) is 0 Å². The topological polar surface area (TPSA) is 46.0 Å². The number of halogens is 2. The largest absolute Gasteiger partial charge is 0.382 e. The van der Waals surface area contributed by atoms with Crippen molar-refractivity contribution in [3.8, 4) is 0 Å². The van der Waals surface area contributed by atoms with Gasteiger partial charge in [0.05, 0.1) is 11.9 Å². The molecule has 0 aliphatic rings. The van der Waals surface area contributed by atoms with Crippen LogP contribution in [0.3, 0.4) is 0 Å². The Bertz CT molecular complexity index is 493. The second kappa shape index (κ2) is 4.67. The normalized spacial score (nSPS) is 12.4. The van der Waals surface area contributed by atoms with Crippen molar-refractivity contribution in [2.24, 2.45) is 0 Å². The Balaban J connectivity index is 2.38. The maximum Gasteiger partial charge on any atom is 0.130 e. The molecule has 0 amide bonds. The molecule has 0 bridgehead atoms. The zero-order valence-corrected chi connectivity index (χ0v) is 9.73. The third-order valence-corrected chi connectivity index (χ3v) is 2.61. The molecule has 0 spiro atoms. The molecule has 0 saturated carbocycles. The predicted molar refractivity (Wildman–Crippen MR) is 60.2 cm³/mol. The molecule has 1 aromatic heterocycles. The number of benzene rings is 1. The van der Waals surface area contributed by atoms with E-state index in [1.807, 2.05) is 0 Å². The van der Waals surface area contributed by atoms with Gasteiger partial charge in [-0.25, -0.2) is 4.39 Å². The fraction of sp³-hybridized carbons (Fsp3) is 0.0909. The van der Waals surface area contributed by atoms with Crippen LogP contribution in [0.5, 0.6) is 0 Å². The van der Waals surface area contributed by atoms with E-state index >= 15 is 0 Å². The van der Waals surface area contributed by atoms with Crippen molar-refractivity contribution in [2.45, 2.75) is 6.10 Å². The number of rotatable bonds is 2. The Morgan fingerprint density at radius 3 is 2.75 bits per heavy atom. The smallest absolute Gasteiger partial charge is 0.130 e. The summed E-state index contributed by atoms with van der Waals surface area (Å²) < 4.78 is 14.2. The Morgan fingerprint density at radius 1 is 1.31 bits per heavy atom. The number of hydrogen-bond acceptors (Lipinski definition) is 3. The van der Waals surface area contributed by atoms with E-state index in [9.17, 15) is 9.50 Å². The van der Waals surface area contributed by atoms with Gasteiger partial charge in [-0.15, -0.1) is 0 Å². The summed E-state index contributed by atoms with van der Waals surface area (Å²) in [4.78, 5) is 7.75. The Labute approximate surface area is 100 Å². The van der Waals surface area contributed by atoms with Crippen LogP contribution in [-0.2, 0) is 0 Å². The molecule has 0 saturated heterocycles. The molecule has 0 aliphatic carbocycles. The van der Waals surface area contributed by atoms with Crippen LogP contribution in [-0.4, -0.2) is 15.1 Å². The average molecular weight is 283 g/mol. The van der Waals surface area contributed by atoms with Gasteiger partial charge < -0.3 is 5.11 Å². The molecule has 16 heavy (non-hydrogen) atoms. The molecule has 1 heterocycles. The highest BCUT2D eigenvalue weighted by molar-refractivity contribution is 9.10. The van der Waals surface area contributed by atoms with Crippen molar-refractivity contribution in [3.05, 3.63) is 58.3 Å². The van der Waals surface area contributed by atoms with E-state index in [1.165, 1.54) is 30.7 Å².